The number of anilines is 1. The Morgan fingerprint density at radius 2 is 1.64 bits per heavy atom. The Morgan fingerprint density at radius 1 is 0.943 bits per heavy atom. The van der Waals surface area contributed by atoms with Crippen molar-refractivity contribution in [2.75, 3.05) is 86.3 Å². The summed E-state index contributed by atoms with van der Waals surface area (Å²) in [7, 11) is 8.60. The number of ether oxygens (including phenoxy) is 6. The number of halogens is 1. The molecule has 482 valence electrons. The van der Waals surface area contributed by atoms with Crippen molar-refractivity contribution >= 4 is 69.9 Å². The first kappa shape index (κ1) is 67.5. The molecule has 4 bridgehead atoms. The summed E-state index contributed by atoms with van der Waals surface area (Å²) in [5.41, 5.74) is 3.35. The van der Waals surface area contributed by atoms with Crippen molar-refractivity contribution in [2.24, 2.45) is 5.92 Å². The Kier molecular flexibility index (Phi) is 22.3. The second kappa shape index (κ2) is 29.0. The number of rotatable bonds is 20. The number of esters is 1. The number of likely N-dealkylation sites (tertiary alicyclic amines) is 1. The van der Waals surface area contributed by atoms with Gasteiger partial charge < -0.3 is 62.8 Å². The first-order chi connectivity index (χ1) is 41.8. The third kappa shape index (κ3) is 15.4. The van der Waals surface area contributed by atoms with E-state index in [9.17, 15) is 38.7 Å². The molecule has 23 nitrogen and oxygen atoms in total. The lowest BCUT2D eigenvalue weighted by Gasteiger charge is -2.42. The van der Waals surface area contributed by atoms with Gasteiger partial charge in [0, 0.05) is 127 Å². The number of aliphatic carboxylic acids is 1. The number of fused-ring (bicyclic) bond motifs is 8. The molecule has 2 unspecified atom stereocenters. The number of carboxylic acid groups (broad SMARTS) is 1. The average Bonchev–Trinajstić information content (AvgIpc) is 1.72. The van der Waals surface area contributed by atoms with Gasteiger partial charge in [-0.2, -0.15) is 0 Å². The van der Waals surface area contributed by atoms with Crippen LogP contribution in [0.5, 0.6) is 0 Å². The van der Waals surface area contributed by atoms with Gasteiger partial charge in [-0.15, -0.1) is 0 Å². The number of aryl methyl sites for hydroxylation is 2. The molecule has 0 radical (unpaired) electrons. The molecular formula is C64H89ClN8O15. The molecule has 5 aliphatic rings. The second-order valence-corrected chi connectivity index (χ2v) is 24.8. The minimum Gasteiger partial charge on any atom is -0.481 e. The molecule has 3 N–H and O–H groups in total. The van der Waals surface area contributed by atoms with Crippen LogP contribution in [0.15, 0.2) is 60.2 Å². The number of carbonyl (C=O) groups is 7. The Bertz CT molecular complexity index is 3130. The minimum absolute atomic E-state index is 0.0238. The monoisotopic (exact) mass is 1240 g/mol. The van der Waals surface area contributed by atoms with Crippen LogP contribution in [-0.2, 0) is 76.7 Å². The molecule has 0 aliphatic carbocycles. The summed E-state index contributed by atoms with van der Waals surface area (Å²) in [4.78, 5) is 102. The number of carbonyl (C=O) groups excluding carboxylic acids is 6. The zero-order valence-corrected chi connectivity index (χ0v) is 53.5. The highest BCUT2D eigenvalue weighted by Gasteiger charge is 2.64. The Hall–Kier alpha value is -6.44. The summed E-state index contributed by atoms with van der Waals surface area (Å²) in [5.74, 6) is -3.69. The first-order valence-electron chi connectivity index (χ1n) is 30.5. The zero-order chi connectivity index (χ0) is 63.9. The fourth-order valence-electron chi connectivity index (χ4n) is 12.8. The van der Waals surface area contributed by atoms with Crippen LogP contribution < -0.4 is 10.2 Å². The lowest BCUT2D eigenvalue weighted by Crippen LogP contribution is -2.63. The minimum atomic E-state index is -1.89. The number of hydrogen-bond donors (Lipinski definition) is 3. The fourth-order valence-corrected chi connectivity index (χ4v) is 13.1. The highest BCUT2D eigenvalue weighted by molar-refractivity contribution is 6.34. The average molecular weight is 1250 g/mol. The maximum Gasteiger partial charge on any atom is 0.409 e. The van der Waals surface area contributed by atoms with Gasteiger partial charge in [0.05, 0.1) is 62.6 Å². The Labute approximate surface area is 520 Å². The molecule has 1 aromatic heterocycles. The predicted octanol–water partition coefficient (Wildman–Crippen LogP) is 6.32. The van der Waals surface area contributed by atoms with Gasteiger partial charge >= 0.3 is 18.0 Å². The molecule has 3 aromatic rings. The largest absolute Gasteiger partial charge is 0.481 e. The van der Waals surface area contributed by atoms with Gasteiger partial charge in [0.25, 0.3) is 0 Å². The van der Waals surface area contributed by atoms with Gasteiger partial charge in [-0.05, 0) is 77.1 Å². The van der Waals surface area contributed by atoms with Gasteiger partial charge in [0.2, 0.25) is 23.6 Å². The number of carboxylic acids is 1. The summed E-state index contributed by atoms with van der Waals surface area (Å²) in [6, 6.07) is 10.8. The van der Waals surface area contributed by atoms with Crippen LogP contribution in [0.4, 0.5) is 10.5 Å². The van der Waals surface area contributed by atoms with E-state index in [0.29, 0.717) is 56.0 Å². The van der Waals surface area contributed by atoms with Gasteiger partial charge in [0.15, 0.2) is 5.72 Å². The molecule has 88 heavy (non-hydrogen) atoms. The maximum absolute atomic E-state index is 14.5. The van der Waals surface area contributed by atoms with Crippen molar-refractivity contribution in [3.8, 4) is 0 Å². The number of epoxide rings is 1. The van der Waals surface area contributed by atoms with E-state index >= 15 is 0 Å². The van der Waals surface area contributed by atoms with Crippen molar-refractivity contribution in [1.29, 1.82) is 0 Å². The van der Waals surface area contributed by atoms with E-state index in [0.717, 1.165) is 28.8 Å². The Morgan fingerprint density at radius 3 is 2.34 bits per heavy atom. The summed E-state index contributed by atoms with van der Waals surface area (Å²) < 4.78 is 37.6. The van der Waals surface area contributed by atoms with Crippen molar-refractivity contribution < 1.29 is 72.2 Å². The van der Waals surface area contributed by atoms with E-state index in [1.54, 1.807) is 37.9 Å². The third-order valence-corrected chi connectivity index (χ3v) is 19.0. The fraction of sp³-hybridized carbons (Fsp3) is 0.609. The van der Waals surface area contributed by atoms with E-state index in [1.807, 2.05) is 49.1 Å². The van der Waals surface area contributed by atoms with Crippen LogP contribution in [0.1, 0.15) is 114 Å². The van der Waals surface area contributed by atoms with Gasteiger partial charge in [0.1, 0.15) is 30.0 Å². The van der Waals surface area contributed by atoms with E-state index in [-0.39, 0.29) is 89.0 Å². The van der Waals surface area contributed by atoms with Crippen LogP contribution in [0.3, 0.4) is 0 Å². The van der Waals surface area contributed by atoms with E-state index in [2.05, 4.69) is 53.1 Å². The van der Waals surface area contributed by atoms with Gasteiger partial charge in [-0.25, -0.2) is 19.6 Å². The highest BCUT2D eigenvalue weighted by atomic mass is 35.5. The van der Waals surface area contributed by atoms with Crippen molar-refractivity contribution in [2.45, 2.75) is 166 Å². The highest BCUT2D eigenvalue weighted by Crippen LogP contribution is 2.49. The number of nitrogens with zero attached hydrogens (tertiary/aromatic N) is 7. The molecule has 8 rings (SSSR count). The smallest absolute Gasteiger partial charge is 0.409 e. The third-order valence-electron chi connectivity index (χ3n) is 18.5. The van der Waals surface area contributed by atoms with E-state index < -0.39 is 77.5 Å². The molecule has 9 atom stereocenters. The predicted molar refractivity (Wildman–Crippen MR) is 328 cm³/mol. The molecule has 5 aliphatic heterocycles. The van der Waals surface area contributed by atoms with Crippen molar-refractivity contribution in [1.82, 2.24) is 34.6 Å². The molecule has 24 heteroatoms. The molecule has 5 amide bonds. The Balaban J connectivity index is 0.930. The number of likely N-dealkylation sites (N-methyl/N-ethyl adjacent to an activating group) is 1. The number of amides is 5. The number of piperidine rings is 1. The van der Waals surface area contributed by atoms with E-state index in [1.165, 1.54) is 47.5 Å². The van der Waals surface area contributed by atoms with Crippen molar-refractivity contribution in [3.05, 3.63) is 87.6 Å². The number of hydrogen-bond acceptors (Lipinski definition) is 16. The standard InChI is InChI=1S/C64H89ClN8O15/c1-39-15-14-18-51(83-11)64(82)37-50(86-62(81)66-64)41(3)60-63(6,88-60)52(36-56(77)69(9)48-35-44(33-39)34-40(2)59(48)65)87-61(80)43(5)68(8)53(74)19-20-55(76)72(28-30-85-32-31-84-29-24-57(78)79)45-21-25-71(26-22-45)54(75)23-27-73-47-17-13-12-16-46(47)58-42(4)70(10)67(7)38-49(58)73/h12-18,34-35,41-43,45,50-52,60,82H,19-33,36-38H2,1-11H3,(H,66,81)(H,78,79)/b18-14+,39-15+/t41-,42?,43-,50+,51-,52+,60?,63+,64-/m1/s1. The number of benzene rings is 2. The summed E-state index contributed by atoms with van der Waals surface area (Å²) in [6.07, 6.45) is 1.20. The van der Waals surface area contributed by atoms with Crippen LogP contribution >= 0.6 is 11.6 Å². The number of hydrazine groups is 1. The number of allylic oxidation sites excluding steroid dienone is 3. The summed E-state index contributed by atoms with van der Waals surface area (Å²) in [5, 5.41) is 29.4. The molecular weight excluding hydrogens is 1160 g/mol. The molecule has 3 saturated heterocycles. The lowest BCUT2D eigenvalue weighted by molar-refractivity contribution is -0.162. The normalized spacial score (nSPS) is 26.9. The first-order valence-corrected chi connectivity index (χ1v) is 30.9. The molecule has 0 saturated carbocycles. The van der Waals surface area contributed by atoms with Crippen LogP contribution in [0.25, 0.3) is 10.9 Å². The number of aliphatic hydroxyl groups is 1. The molecule has 0 spiro atoms. The number of methoxy groups -OCH3 is 1. The van der Waals surface area contributed by atoms with E-state index in [4.69, 9.17) is 45.1 Å². The van der Waals surface area contributed by atoms with Crippen LogP contribution in [0, 0.1) is 12.8 Å². The quantitative estimate of drug-likeness (QED) is 0.0635. The van der Waals surface area contributed by atoms with Gasteiger partial charge in [-0.1, -0.05) is 66.6 Å². The SMILES string of the molecule is CO[C@@H]1/C=C/C=C(\C)Cc2cc(C)c(Cl)c(c2)N(C)C(=O)C[C@H](OC(=O)[C@@H](C)N(C)C(=O)CCC(=O)N(CCOCCOCCC(=O)O)C2CCN(C(=O)CCn3c4c(c5ccccc53)C(C)N(C)N(C)C4)CC2)[C@]2(C)OC2[C@H](C)[C@@H]2C[C@]1(O)NC(=O)O2. The number of nitrogens with one attached hydrogen (secondary N) is 1. The zero-order valence-electron chi connectivity index (χ0n) is 52.8. The topological polar surface area (TPSA) is 255 Å². The summed E-state index contributed by atoms with van der Waals surface area (Å²) >= 11 is 6.89. The second-order valence-electron chi connectivity index (χ2n) is 24.4. The summed E-state index contributed by atoms with van der Waals surface area (Å²) in [6.45, 7) is 13.7. The maximum atomic E-state index is 14.5. The molecule has 2 aromatic carbocycles. The van der Waals surface area contributed by atoms with Gasteiger partial charge in [-0.3, -0.25) is 29.3 Å². The number of alkyl carbamates (subject to hydrolysis) is 1. The number of para-hydroxylation sites is 1. The van der Waals surface area contributed by atoms with Crippen LogP contribution in [-0.4, -0.2) is 210 Å². The van der Waals surface area contributed by atoms with Crippen LogP contribution in [0.2, 0.25) is 5.02 Å². The lowest BCUT2D eigenvalue weighted by atomic mass is 9.83. The van der Waals surface area contributed by atoms with Crippen molar-refractivity contribution in [3.63, 3.8) is 0 Å². The molecule has 3 fully saturated rings. The number of aromatic nitrogens is 1. The molecule has 6 heterocycles.